The molecule has 0 saturated carbocycles. The van der Waals surface area contributed by atoms with E-state index in [4.69, 9.17) is 24.1 Å². The smallest absolute Gasteiger partial charge is 0.335 e. The van der Waals surface area contributed by atoms with Gasteiger partial charge in [0.1, 0.15) is 18.3 Å². The van der Waals surface area contributed by atoms with E-state index < -0.39 is 42.5 Å². The van der Waals surface area contributed by atoms with Gasteiger partial charge in [-0.15, -0.1) is 0 Å². The molecule has 5 atom stereocenters. The number of carboxylic acids is 1. The van der Waals surface area contributed by atoms with Crippen LogP contribution in [0, 0.1) is 0 Å². The molecule has 0 spiro atoms. The van der Waals surface area contributed by atoms with Gasteiger partial charge in [0.05, 0.1) is 6.61 Å². The topological polar surface area (TPSA) is 94.5 Å². The van der Waals surface area contributed by atoms with Crippen LogP contribution in [-0.4, -0.2) is 52.7 Å². The molecule has 2 heterocycles. The Morgan fingerprint density at radius 1 is 1.26 bits per heavy atom. The van der Waals surface area contributed by atoms with Crippen molar-refractivity contribution >= 4 is 5.97 Å². The number of ether oxygens (including phenoxy) is 4. The zero-order valence-electron chi connectivity index (χ0n) is 12.9. The fraction of sp³-hybridized carbons (Fsp3) is 0.562. The summed E-state index contributed by atoms with van der Waals surface area (Å²) in [6.45, 7) is 3.74. The molecule has 0 amide bonds. The fourth-order valence-corrected chi connectivity index (χ4v) is 2.87. The van der Waals surface area contributed by atoms with E-state index in [1.54, 1.807) is 13.8 Å². The van der Waals surface area contributed by atoms with Crippen molar-refractivity contribution in [2.24, 2.45) is 0 Å². The predicted octanol–water partition coefficient (Wildman–Crippen LogP) is 0.894. The monoisotopic (exact) mass is 324 g/mol. The zero-order chi connectivity index (χ0) is 16.6. The van der Waals surface area contributed by atoms with Crippen LogP contribution in [0.2, 0.25) is 0 Å². The second kappa shape index (κ2) is 6.18. The summed E-state index contributed by atoms with van der Waals surface area (Å²) in [6, 6.07) is 9.51. The molecule has 1 aromatic rings. The van der Waals surface area contributed by atoms with Crippen LogP contribution in [0.4, 0.5) is 0 Å². The number of hydrogen-bond acceptors (Lipinski definition) is 6. The molecule has 3 rings (SSSR count). The Hall–Kier alpha value is -1.51. The molecule has 0 radical (unpaired) electrons. The van der Waals surface area contributed by atoms with Gasteiger partial charge in [-0.3, -0.25) is 0 Å². The minimum absolute atomic E-state index is 0.286. The molecule has 0 aliphatic carbocycles. The summed E-state index contributed by atoms with van der Waals surface area (Å²) in [5.74, 6) is -2.25. The number of fused-ring (bicyclic) bond motifs is 1. The molecule has 2 N–H and O–H groups in total. The largest absolute Gasteiger partial charge is 0.479 e. The van der Waals surface area contributed by atoms with Gasteiger partial charge in [-0.05, 0) is 19.4 Å². The molecule has 2 fully saturated rings. The third-order valence-electron chi connectivity index (χ3n) is 3.87. The summed E-state index contributed by atoms with van der Waals surface area (Å²) in [5.41, 5.74) is 0.952. The first-order valence-corrected chi connectivity index (χ1v) is 7.45. The quantitative estimate of drug-likeness (QED) is 0.830. The lowest BCUT2D eigenvalue weighted by Gasteiger charge is -2.25. The highest BCUT2D eigenvalue weighted by Gasteiger charge is 2.58. The van der Waals surface area contributed by atoms with E-state index in [1.807, 2.05) is 30.3 Å². The predicted molar refractivity (Wildman–Crippen MR) is 77.4 cm³/mol. The van der Waals surface area contributed by atoms with Gasteiger partial charge in [-0.2, -0.15) is 0 Å². The lowest BCUT2D eigenvalue weighted by Crippen LogP contribution is -2.42. The summed E-state index contributed by atoms with van der Waals surface area (Å²) in [6.07, 6.45) is -4.84. The second-order valence-electron chi connectivity index (χ2n) is 6.11. The van der Waals surface area contributed by atoms with E-state index in [0.29, 0.717) is 0 Å². The maximum absolute atomic E-state index is 11.1. The molecule has 0 bridgehead atoms. The SMILES string of the molecule is CC1(C)O[C@@H]2[C@H](O1)[C@@H](OCc1ccccc1)O[C@H]2[C@H](O)C(=O)O. The lowest BCUT2D eigenvalue weighted by molar-refractivity contribution is -0.246. The summed E-state index contributed by atoms with van der Waals surface area (Å²) in [5, 5.41) is 18.9. The van der Waals surface area contributed by atoms with Gasteiger partial charge < -0.3 is 29.2 Å². The first kappa shape index (κ1) is 16.4. The minimum Gasteiger partial charge on any atom is -0.479 e. The summed E-state index contributed by atoms with van der Waals surface area (Å²) < 4.78 is 22.7. The first-order valence-electron chi connectivity index (χ1n) is 7.45. The summed E-state index contributed by atoms with van der Waals surface area (Å²) in [7, 11) is 0. The van der Waals surface area contributed by atoms with E-state index in [9.17, 15) is 9.90 Å². The maximum Gasteiger partial charge on any atom is 0.335 e. The van der Waals surface area contributed by atoms with E-state index in [2.05, 4.69) is 0 Å². The van der Waals surface area contributed by atoms with Crippen molar-refractivity contribution in [1.29, 1.82) is 0 Å². The van der Waals surface area contributed by atoms with Gasteiger partial charge in [-0.25, -0.2) is 4.79 Å². The molecule has 7 nitrogen and oxygen atoms in total. The highest BCUT2D eigenvalue weighted by molar-refractivity contribution is 5.73. The van der Waals surface area contributed by atoms with Crippen molar-refractivity contribution in [1.82, 2.24) is 0 Å². The highest BCUT2D eigenvalue weighted by Crippen LogP contribution is 2.40. The third kappa shape index (κ3) is 3.39. The standard InChI is InChI=1S/C16H20O7/c1-16(2)22-12-11(10(17)14(18)19)21-15(13(12)23-16)20-8-9-6-4-3-5-7-9/h3-7,10-13,15,17H,8H2,1-2H3,(H,18,19)/t10-,11-,12-,13-,15-/m0/s1. The van der Waals surface area contributed by atoms with Crippen molar-refractivity contribution in [3.8, 4) is 0 Å². The fourth-order valence-electron chi connectivity index (χ4n) is 2.87. The number of aliphatic hydroxyl groups excluding tert-OH is 1. The van der Waals surface area contributed by atoms with Crippen LogP contribution in [-0.2, 0) is 30.3 Å². The van der Waals surface area contributed by atoms with Crippen LogP contribution in [0.25, 0.3) is 0 Å². The molecular weight excluding hydrogens is 304 g/mol. The molecule has 23 heavy (non-hydrogen) atoms. The van der Waals surface area contributed by atoms with Crippen LogP contribution in [0.1, 0.15) is 19.4 Å². The van der Waals surface area contributed by atoms with E-state index >= 15 is 0 Å². The molecule has 126 valence electrons. The van der Waals surface area contributed by atoms with Gasteiger partial charge in [0, 0.05) is 0 Å². The second-order valence-corrected chi connectivity index (χ2v) is 6.11. The van der Waals surface area contributed by atoms with E-state index in [1.165, 1.54) is 0 Å². The number of hydrogen-bond donors (Lipinski definition) is 2. The molecule has 1 aromatic carbocycles. The Balaban J connectivity index is 1.72. The summed E-state index contributed by atoms with van der Waals surface area (Å²) >= 11 is 0. The van der Waals surface area contributed by atoms with Gasteiger partial charge in [0.15, 0.2) is 18.2 Å². The number of rotatable bonds is 5. The molecule has 0 unspecified atom stereocenters. The summed E-state index contributed by atoms with van der Waals surface area (Å²) in [4.78, 5) is 11.1. The molecule has 2 aliphatic heterocycles. The number of carboxylic acid groups (broad SMARTS) is 1. The number of aliphatic carboxylic acids is 1. The average Bonchev–Trinajstić information content (AvgIpc) is 2.98. The Morgan fingerprint density at radius 3 is 2.57 bits per heavy atom. The first-order chi connectivity index (χ1) is 10.9. The normalized spacial score (nSPS) is 33.3. The van der Waals surface area contributed by atoms with Gasteiger partial charge in [-0.1, -0.05) is 30.3 Å². The van der Waals surface area contributed by atoms with Crippen molar-refractivity contribution in [2.75, 3.05) is 0 Å². The van der Waals surface area contributed by atoms with Crippen LogP contribution < -0.4 is 0 Å². The number of benzene rings is 1. The van der Waals surface area contributed by atoms with E-state index in [0.717, 1.165) is 5.56 Å². The Bertz CT molecular complexity index is 559. The zero-order valence-corrected chi connectivity index (χ0v) is 12.9. The Kier molecular flexibility index (Phi) is 4.39. The minimum atomic E-state index is -1.70. The van der Waals surface area contributed by atoms with Crippen molar-refractivity contribution in [3.63, 3.8) is 0 Å². The number of aliphatic hydroxyl groups is 1. The van der Waals surface area contributed by atoms with Gasteiger partial charge >= 0.3 is 5.97 Å². The molecule has 2 saturated heterocycles. The van der Waals surface area contributed by atoms with Crippen molar-refractivity contribution in [3.05, 3.63) is 35.9 Å². The van der Waals surface area contributed by atoms with Crippen LogP contribution >= 0.6 is 0 Å². The van der Waals surface area contributed by atoms with Crippen LogP contribution in [0.15, 0.2) is 30.3 Å². The van der Waals surface area contributed by atoms with Crippen LogP contribution in [0.3, 0.4) is 0 Å². The van der Waals surface area contributed by atoms with E-state index in [-0.39, 0.29) is 6.61 Å². The Labute approximate surface area is 133 Å². The molecule has 0 aromatic heterocycles. The van der Waals surface area contributed by atoms with Crippen molar-refractivity contribution in [2.45, 2.75) is 56.9 Å². The molecule has 7 heteroatoms. The molecule has 2 aliphatic rings. The van der Waals surface area contributed by atoms with Gasteiger partial charge in [0.2, 0.25) is 0 Å². The van der Waals surface area contributed by atoms with Gasteiger partial charge in [0.25, 0.3) is 0 Å². The average molecular weight is 324 g/mol. The number of carbonyl (C=O) groups is 1. The van der Waals surface area contributed by atoms with Crippen LogP contribution in [0.5, 0.6) is 0 Å². The highest BCUT2D eigenvalue weighted by atomic mass is 16.8. The third-order valence-corrected chi connectivity index (χ3v) is 3.87. The Morgan fingerprint density at radius 2 is 1.91 bits per heavy atom. The molecular formula is C16H20O7. The van der Waals surface area contributed by atoms with Crippen molar-refractivity contribution < 1.29 is 34.0 Å². The maximum atomic E-state index is 11.1. The lowest BCUT2D eigenvalue weighted by atomic mass is 10.1.